The molecule has 2 rings (SSSR count). The van der Waals surface area contributed by atoms with E-state index in [0.717, 1.165) is 42.2 Å². The van der Waals surface area contributed by atoms with Gasteiger partial charge in [-0.25, -0.2) is 4.98 Å². The number of aromatic amines is 1. The summed E-state index contributed by atoms with van der Waals surface area (Å²) in [5.74, 6) is 1.88. The Balaban J connectivity index is 2.13. The highest BCUT2D eigenvalue weighted by molar-refractivity contribution is 5.66. The number of ether oxygens (including phenoxy) is 1. The van der Waals surface area contributed by atoms with E-state index in [1.165, 1.54) is 0 Å². The van der Waals surface area contributed by atoms with Gasteiger partial charge in [0.05, 0.1) is 19.0 Å². The Bertz CT molecular complexity index is 493. The van der Waals surface area contributed by atoms with Crippen molar-refractivity contribution in [3.05, 3.63) is 36.3 Å². The Morgan fingerprint density at radius 1 is 1.33 bits per heavy atom. The van der Waals surface area contributed by atoms with Crippen LogP contribution in [0.2, 0.25) is 0 Å². The number of nitrogens with zero attached hydrogens (tertiary/aromatic N) is 1. The number of aromatic nitrogens is 2. The lowest BCUT2D eigenvalue weighted by molar-refractivity contribution is 0.416. The molecule has 0 bridgehead atoms. The van der Waals surface area contributed by atoms with Gasteiger partial charge in [0.2, 0.25) is 0 Å². The second-order valence-electron chi connectivity index (χ2n) is 4.15. The summed E-state index contributed by atoms with van der Waals surface area (Å²) in [6, 6.07) is 7.95. The summed E-state index contributed by atoms with van der Waals surface area (Å²) >= 11 is 0. The molecule has 0 aliphatic carbocycles. The van der Waals surface area contributed by atoms with Crippen LogP contribution in [0.5, 0.6) is 5.75 Å². The number of nitrogens with one attached hydrogen (secondary N) is 2. The number of imidazole rings is 1. The van der Waals surface area contributed by atoms with Crippen LogP contribution in [0.25, 0.3) is 11.3 Å². The number of hydrogen-bond acceptors (Lipinski definition) is 3. The molecule has 0 fully saturated rings. The minimum atomic E-state index is 0.864. The minimum Gasteiger partial charge on any atom is -0.496 e. The molecule has 18 heavy (non-hydrogen) atoms. The van der Waals surface area contributed by atoms with Crippen LogP contribution in [0, 0.1) is 0 Å². The molecule has 96 valence electrons. The molecule has 0 aliphatic rings. The lowest BCUT2D eigenvalue weighted by Crippen LogP contribution is -2.08. The molecule has 0 aliphatic heterocycles. The highest BCUT2D eigenvalue weighted by atomic mass is 16.5. The van der Waals surface area contributed by atoms with Crippen molar-refractivity contribution in [3.63, 3.8) is 0 Å². The number of benzene rings is 1. The molecule has 0 amide bonds. The second-order valence-corrected chi connectivity index (χ2v) is 4.15. The van der Waals surface area contributed by atoms with E-state index in [9.17, 15) is 0 Å². The predicted molar refractivity (Wildman–Crippen MR) is 72.8 cm³/mol. The number of aryl methyl sites for hydroxylation is 1. The van der Waals surface area contributed by atoms with Crippen LogP contribution in [0.15, 0.2) is 30.5 Å². The van der Waals surface area contributed by atoms with Crippen molar-refractivity contribution in [2.24, 2.45) is 0 Å². The van der Waals surface area contributed by atoms with Gasteiger partial charge < -0.3 is 15.0 Å². The van der Waals surface area contributed by atoms with Gasteiger partial charge in [0, 0.05) is 12.0 Å². The molecule has 1 aromatic heterocycles. The fourth-order valence-electron chi connectivity index (χ4n) is 1.93. The Kier molecular flexibility index (Phi) is 4.36. The van der Waals surface area contributed by atoms with Crippen LogP contribution in [-0.2, 0) is 6.42 Å². The average Bonchev–Trinajstić information content (AvgIpc) is 2.88. The maximum atomic E-state index is 5.35. The van der Waals surface area contributed by atoms with Crippen LogP contribution in [0.1, 0.15) is 12.2 Å². The first-order chi connectivity index (χ1) is 8.85. The summed E-state index contributed by atoms with van der Waals surface area (Å²) in [5, 5.41) is 3.13. The Morgan fingerprint density at radius 3 is 2.94 bits per heavy atom. The Morgan fingerprint density at radius 2 is 2.17 bits per heavy atom. The van der Waals surface area contributed by atoms with E-state index in [-0.39, 0.29) is 0 Å². The van der Waals surface area contributed by atoms with Gasteiger partial charge in [0.15, 0.2) is 0 Å². The standard InChI is InChI=1S/C14H19N3O/c1-15-9-5-8-14-16-10-12(17-14)11-6-3-4-7-13(11)18-2/h3-4,6-7,10,15H,5,8-9H2,1-2H3,(H,16,17). The molecule has 0 radical (unpaired) electrons. The molecular formula is C14H19N3O. The van der Waals surface area contributed by atoms with Crippen molar-refractivity contribution >= 4 is 0 Å². The SMILES string of the molecule is CNCCCc1ncc(-c2ccccc2OC)[nH]1. The fraction of sp³-hybridized carbons (Fsp3) is 0.357. The third-order valence-corrected chi connectivity index (χ3v) is 2.87. The number of H-pyrrole nitrogens is 1. The van der Waals surface area contributed by atoms with Gasteiger partial charge in [-0.2, -0.15) is 0 Å². The van der Waals surface area contributed by atoms with Crippen LogP contribution in [0.4, 0.5) is 0 Å². The van der Waals surface area contributed by atoms with Gasteiger partial charge in [-0.1, -0.05) is 12.1 Å². The molecular weight excluding hydrogens is 226 g/mol. The van der Waals surface area contributed by atoms with E-state index in [1.807, 2.05) is 37.5 Å². The lowest BCUT2D eigenvalue weighted by atomic mass is 10.1. The van der Waals surface area contributed by atoms with E-state index in [0.29, 0.717) is 0 Å². The molecule has 2 N–H and O–H groups in total. The summed E-state index contributed by atoms with van der Waals surface area (Å²) in [6.45, 7) is 1.00. The molecule has 0 saturated carbocycles. The summed E-state index contributed by atoms with van der Waals surface area (Å²) in [4.78, 5) is 7.75. The highest BCUT2D eigenvalue weighted by Gasteiger charge is 2.07. The van der Waals surface area contributed by atoms with Crippen molar-refractivity contribution in [2.45, 2.75) is 12.8 Å². The Labute approximate surface area is 107 Å². The molecule has 2 aromatic rings. The van der Waals surface area contributed by atoms with E-state index >= 15 is 0 Å². The minimum absolute atomic E-state index is 0.864. The quantitative estimate of drug-likeness (QED) is 0.767. The van der Waals surface area contributed by atoms with Gasteiger partial charge in [-0.3, -0.25) is 0 Å². The van der Waals surface area contributed by atoms with Crippen molar-refractivity contribution in [2.75, 3.05) is 20.7 Å². The predicted octanol–water partition coefficient (Wildman–Crippen LogP) is 2.24. The van der Waals surface area contributed by atoms with Crippen molar-refractivity contribution in [1.29, 1.82) is 0 Å². The first kappa shape index (κ1) is 12.6. The third-order valence-electron chi connectivity index (χ3n) is 2.87. The van der Waals surface area contributed by atoms with Crippen molar-refractivity contribution in [3.8, 4) is 17.0 Å². The van der Waals surface area contributed by atoms with Gasteiger partial charge in [0.25, 0.3) is 0 Å². The summed E-state index contributed by atoms with van der Waals surface area (Å²) in [6.07, 6.45) is 3.90. The first-order valence-electron chi connectivity index (χ1n) is 6.17. The lowest BCUT2D eigenvalue weighted by Gasteiger charge is -2.05. The fourth-order valence-corrected chi connectivity index (χ4v) is 1.93. The molecule has 0 atom stereocenters. The largest absolute Gasteiger partial charge is 0.496 e. The topological polar surface area (TPSA) is 49.9 Å². The zero-order chi connectivity index (χ0) is 12.8. The van der Waals surface area contributed by atoms with Crippen LogP contribution in [-0.4, -0.2) is 30.7 Å². The first-order valence-corrected chi connectivity index (χ1v) is 6.17. The maximum Gasteiger partial charge on any atom is 0.128 e. The highest BCUT2D eigenvalue weighted by Crippen LogP contribution is 2.27. The zero-order valence-electron chi connectivity index (χ0n) is 10.9. The van der Waals surface area contributed by atoms with Gasteiger partial charge in [0.1, 0.15) is 11.6 Å². The molecule has 1 aromatic carbocycles. The monoisotopic (exact) mass is 245 g/mol. The molecule has 4 nitrogen and oxygen atoms in total. The number of rotatable bonds is 6. The normalized spacial score (nSPS) is 10.6. The summed E-state index contributed by atoms with van der Waals surface area (Å²) < 4.78 is 5.35. The molecule has 4 heteroatoms. The van der Waals surface area contributed by atoms with Crippen LogP contribution in [0.3, 0.4) is 0 Å². The second kappa shape index (κ2) is 6.21. The van der Waals surface area contributed by atoms with Crippen LogP contribution >= 0.6 is 0 Å². The third kappa shape index (κ3) is 2.90. The van der Waals surface area contributed by atoms with Gasteiger partial charge >= 0.3 is 0 Å². The average molecular weight is 245 g/mol. The smallest absolute Gasteiger partial charge is 0.128 e. The molecule has 1 heterocycles. The molecule has 0 unspecified atom stereocenters. The molecule has 0 spiro atoms. The van der Waals surface area contributed by atoms with Crippen molar-refractivity contribution in [1.82, 2.24) is 15.3 Å². The zero-order valence-corrected chi connectivity index (χ0v) is 10.9. The van der Waals surface area contributed by atoms with Gasteiger partial charge in [-0.05, 0) is 32.1 Å². The number of methoxy groups -OCH3 is 1. The van der Waals surface area contributed by atoms with Crippen LogP contribution < -0.4 is 10.1 Å². The van der Waals surface area contributed by atoms with E-state index in [2.05, 4.69) is 15.3 Å². The Hall–Kier alpha value is -1.81. The van der Waals surface area contributed by atoms with E-state index in [4.69, 9.17) is 4.74 Å². The molecule has 0 saturated heterocycles. The maximum absolute atomic E-state index is 5.35. The summed E-state index contributed by atoms with van der Waals surface area (Å²) in [5.41, 5.74) is 2.05. The summed E-state index contributed by atoms with van der Waals surface area (Å²) in [7, 11) is 3.64. The number of para-hydroxylation sites is 1. The van der Waals surface area contributed by atoms with Gasteiger partial charge in [-0.15, -0.1) is 0 Å². The van der Waals surface area contributed by atoms with E-state index < -0.39 is 0 Å². The van der Waals surface area contributed by atoms with E-state index in [1.54, 1.807) is 7.11 Å². The van der Waals surface area contributed by atoms with Crippen molar-refractivity contribution < 1.29 is 4.74 Å². The number of hydrogen-bond donors (Lipinski definition) is 2.